The Morgan fingerprint density at radius 3 is 2.71 bits per heavy atom. The number of nitrogens with two attached hydrogens (primary N) is 1. The lowest BCUT2D eigenvalue weighted by Gasteiger charge is -2.06. The third kappa shape index (κ3) is 3.29. The molecule has 2 aromatic rings. The van der Waals surface area contributed by atoms with Crippen molar-refractivity contribution in [1.29, 1.82) is 0 Å². The van der Waals surface area contributed by atoms with Crippen LogP contribution in [0.15, 0.2) is 33.1 Å². The first-order chi connectivity index (χ1) is 9.85. The average Bonchev–Trinajstić information content (AvgIpc) is 2.86. The van der Waals surface area contributed by atoms with Crippen molar-refractivity contribution in [2.75, 3.05) is 10.1 Å². The van der Waals surface area contributed by atoms with Crippen LogP contribution in [0.5, 0.6) is 0 Å². The Labute approximate surface area is 131 Å². The number of nitro groups is 1. The predicted molar refractivity (Wildman–Crippen MR) is 81.5 cm³/mol. The Morgan fingerprint density at radius 1 is 1.48 bits per heavy atom. The summed E-state index contributed by atoms with van der Waals surface area (Å²) in [6, 6.07) is 4.15. The van der Waals surface area contributed by atoms with Gasteiger partial charge in [0.25, 0.3) is 10.0 Å². The Kier molecular flexibility index (Phi) is 4.41. The van der Waals surface area contributed by atoms with Crippen molar-refractivity contribution in [3.8, 4) is 0 Å². The Morgan fingerprint density at radius 2 is 2.19 bits per heavy atom. The number of hydrazine groups is 1. The van der Waals surface area contributed by atoms with E-state index in [2.05, 4.69) is 31.1 Å². The minimum Gasteiger partial charge on any atom is -0.310 e. The SMILES string of the molecule is NNc1sc(S(=O)(=O)Nc2ncccc2Br)cc1[N+](=O)[O-]. The zero-order valence-electron chi connectivity index (χ0n) is 10.1. The van der Waals surface area contributed by atoms with Gasteiger partial charge in [0, 0.05) is 12.3 Å². The number of nitrogens with one attached hydrogen (secondary N) is 2. The molecule has 112 valence electrons. The minimum absolute atomic E-state index is 0.0551. The number of aromatic nitrogens is 1. The second-order valence-corrected chi connectivity index (χ2v) is 7.44. The number of hydrogen-bond acceptors (Lipinski definition) is 8. The molecule has 0 aliphatic heterocycles. The molecule has 21 heavy (non-hydrogen) atoms. The van der Waals surface area contributed by atoms with E-state index in [0.29, 0.717) is 15.8 Å². The molecule has 2 rings (SSSR count). The summed E-state index contributed by atoms with van der Waals surface area (Å²) < 4.78 is 26.8. The highest BCUT2D eigenvalue weighted by Gasteiger charge is 2.26. The number of pyridine rings is 1. The third-order valence-electron chi connectivity index (χ3n) is 2.27. The number of rotatable bonds is 5. The van der Waals surface area contributed by atoms with Gasteiger partial charge in [-0.2, -0.15) is 0 Å². The Balaban J connectivity index is 2.41. The van der Waals surface area contributed by atoms with Crippen molar-refractivity contribution < 1.29 is 13.3 Å². The monoisotopic (exact) mass is 393 g/mol. The number of nitrogen functional groups attached to an aromatic ring is 1. The van der Waals surface area contributed by atoms with E-state index in [-0.39, 0.29) is 15.0 Å². The highest BCUT2D eigenvalue weighted by molar-refractivity contribution is 9.10. The van der Waals surface area contributed by atoms with Crippen LogP contribution in [0.3, 0.4) is 0 Å². The smallest absolute Gasteiger partial charge is 0.306 e. The summed E-state index contributed by atoms with van der Waals surface area (Å²) in [6.45, 7) is 0. The molecule has 2 aromatic heterocycles. The van der Waals surface area contributed by atoms with Gasteiger partial charge in [-0.25, -0.2) is 19.2 Å². The maximum atomic E-state index is 12.2. The molecule has 0 amide bonds. The summed E-state index contributed by atoms with van der Waals surface area (Å²) in [5, 5.41) is 10.8. The highest BCUT2D eigenvalue weighted by atomic mass is 79.9. The van der Waals surface area contributed by atoms with E-state index in [4.69, 9.17) is 5.84 Å². The lowest BCUT2D eigenvalue weighted by Crippen LogP contribution is -2.13. The maximum absolute atomic E-state index is 12.2. The Bertz CT molecular complexity index is 791. The van der Waals surface area contributed by atoms with Gasteiger partial charge in [0.05, 0.1) is 9.40 Å². The molecule has 4 N–H and O–H groups in total. The van der Waals surface area contributed by atoms with Crippen LogP contribution < -0.4 is 16.0 Å². The molecule has 0 aromatic carbocycles. The van der Waals surface area contributed by atoms with E-state index < -0.39 is 20.6 Å². The standard InChI is InChI=1S/C9H8BrN5O4S2/c10-5-2-1-3-12-8(5)14-21(18,19)7-4-6(15(16)17)9(13-11)20-7/h1-4,13H,11H2,(H,12,14). The first-order valence-corrected chi connectivity index (χ1v) is 8.32. The van der Waals surface area contributed by atoms with E-state index in [0.717, 1.165) is 6.07 Å². The molecule has 0 atom stereocenters. The van der Waals surface area contributed by atoms with Crippen molar-refractivity contribution in [3.05, 3.63) is 39.0 Å². The number of hydrogen-bond donors (Lipinski definition) is 3. The van der Waals surface area contributed by atoms with Gasteiger partial charge in [-0.15, -0.1) is 0 Å². The summed E-state index contributed by atoms with van der Waals surface area (Å²) >= 11 is 3.80. The maximum Gasteiger partial charge on any atom is 0.306 e. The predicted octanol–water partition coefficient (Wildman–Crippen LogP) is 1.90. The van der Waals surface area contributed by atoms with Crippen molar-refractivity contribution in [2.45, 2.75) is 4.21 Å². The molecule has 12 heteroatoms. The van der Waals surface area contributed by atoms with Gasteiger partial charge in [-0.05, 0) is 28.1 Å². The molecule has 0 aliphatic carbocycles. The second-order valence-electron chi connectivity index (χ2n) is 3.62. The molecular weight excluding hydrogens is 386 g/mol. The van der Waals surface area contributed by atoms with Crippen molar-refractivity contribution >= 4 is 53.8 Å². The van der Waals surface area contributed by atoms with Crippen molar-refractivity contribution in [2.24, 2.45) is 5.84 Å². The molecule has 0 aliphatic rings. The summed E-state index contributed by atoms with van der Waals surface area (Å²) in [4.78, 5) is 14.0. The van der Waals surface area contributed by atoms with Crippen molar-refractivity contribution in [1.82, 2.24) is 4.98 Å². The van der Waals surface area contributed by atoms with Crippen LogP contribution in [0.25, 0.3) is 0 Å². The van der Waals surface area contributed by atoms with Crippen LogP contribution in [-0.4, -0.2) is 18.3 Å². The van der Waals surface area contributed by atoms with Gasteiger partial charge in [0.15, 0.2) is 10.8 Å². The number of thiophene rings is 1. The van der Waals surface area contributed by atoms with Gasteiger partial charge in [-0.1, -0.05) is 11.3 Å². The molecule has 0 spiro atoms. The van der Waals surface area contributed by atoms with E-state index in [1.54, 1.807) is 12.1 Å². The zero-order chi connectivity index (χ0) is 15.6. The summed E-state index contributed by atoms with van der Waals surface area (Å²) in [5.74, 6) is 5.22. The number of anilines is 2. The fraction of sp³-hybridized carbons (Fsp3) is 0. The number of sulfonamides is 1. The van der Waals surface area contributed by atoms with Gasteiger partial charge in [-0.3, -0.25) is 14.8 Å². The minimum atomic E-state index is -4.01. The molecule has 0 fully saturated rings. The fourth-order valence-electron chi connectivity index (χ4n) is 1.37. The lowest BCUT2D eigenvalue weighted by molar-refractivity contribution is -0.383. The molecule has 0 saturated heterocycles. The zero-order valence-corrected chi connectivity index (χ0v) is 13.3. The largest absolute Gasteiger partial charge is 0.310 e. The second kappa shape index (κ2) is 5.93. The number of nitrogens with zero attached hydrogens (tertiary/aromatic N) is 2. The molecule has 2 heterocycles. The molecule has 0 saturated carbocycles. The van der Waals surface area contributed by atoms with Gasteiger partial charge < -0.3 is 5.43 Å². The van der Waals surface area contributed by atoms with Crippen molar-refractivity contribution in [3.63, 3.8) is 0 Å². The normalized spacial score (nSPS) is 11.1. The van der Waals surface area contributed by atoms with Crippen LogP contribution in [-0.2, 0) is 10.0 Å². The third-order valence-corrected chi connectivity index (χ3v) is 5.78. The molecule has 0 unspecified atom stereocenters. The van der Waals surface area contributed by atoms with E-state index in [9.17, 15) is 18.5 Å². The van der Waals surface area contributed by atoms with E-state index >= 15 is 0 Å². The van der Waals surface area contributed by atoms with Gasteiger partial charge >= 0.3 is 5.69 Å². The average molecular weight is 394 g/mol. The first-order valence-electron chi connectivity index (χ1n) is 5.23. The number of halogens is 1. The van der Waals surface area contributed by atoms with Crippen LogP contribution in [0.1, 0.15) is 0 Å². The Hall–Kier alpha value is -1.76. The molecule has 0 bridgehead atoms. The summed E-state index contributed by atoms with van der Waals surface area (Å²) in [5.41, 5.74) is 1.69. The molecule has 0 radical (unpaired) electrons. The van der Waals surface area contributed by atoms with Gasteiger partial charge in [0.2, 0.25) is 0 Å². The lowest BCUT2D eigenvalue weighted by atomic mass is 10.5. The van der Waals surface area contributed by atoms with Crippen LogP contribution in [0.4, 0.5) is 16.5 Å². The topological polar surface area (TPSA) is 140 Å². The van der Waals surface area contributed by atoms with Crippen LogP contribution in [0.2, 0.25) is 0 Å². The summed E-state index contributed by atoms with van der Waals surface area (Å²) in [7, 11) is -4.01. The quantitative estimate of drug-likeness (QED) is 0.400. The summed E-state index contributed by atoms with van der Waals surface area (Å²) in [6.07, 6.45) is 1.41. The highest BCUT2D eigenvalue weighted by Crippen LogP contribution is 2.37. The molecule has 9 nitrogen and oxygen atoms in total. The first kappa shape index (κ1) is 15.6. The van der Waals surface area contributed by atoms with Crippen LogP contribution in [0, 0.1) is 10.1 Å². The van der Waals surface area contributed by atoms with Gasteiger partial charge in [0.1, 0.15) is 4.21 Å². The van der Waals surface area contributed by atoms with E-state index in [1.807, 2.05) is 0 Å². The molecular formula is C9H8BrN5O4S2. The van der Waals surface area contributed by atoms with Crippen LogP contribution >= 0.6 is 27.3 Å². The fourth-order valence-corrected chi connectivity index (χ4v) is 4.12. The van der Waals surface area contributed by atoms with E-state index in [1.165, 1.54) is 6.20 Å².